The first kappa shape index (κ1) is 11.9. The van der Waals surface area contributed by atoms with Gasteiger partial charge in [-0.05, 0) is 18.2 Å². The lowest BCUT2D eigenvalue weighted by Crippen LogP contribution is -2.54. The van der Waals surface area contributed by atoms with E-state index in [-0.39, 0.29) is 4.87 Å². The van der Waals surface area contributed by atoms with Gasteiger partial charge in [-0.15, -0.1) is 11.8 Å². The zero-order valence-electron chi connectivity index (χ0n) is 9.89. The second kappa shape index (κ2) is 4.48. The summed E-state index contributed by atoms with van der Waals surface area (Å²) in [4.78, 5) is 10.9. The van der Waals surface area contributed by atoms with Crippen LogP contribution < -0.4 is 10.1 Å². The first-order chi connectivity index (χ1) is 8.71. The summed E-state index contributed by atoms with van der Waals surface area (Å²) in [5.74, 6) is 0.964. The Morgan fingerprint density at radius 3 is 3.17 bits per heavy atom. The fraction of sp³-hybridized carbons (Fsp3) is 0.462. The predicted octanol–water partition coefficient (Wildman–Crippen LogP) is 1.80. The van der Waals surface area contributed by atoms with Crippen LogP contribution in [0.3, 0.4) is 0 Å². The van der Waals surface area contributed by atoms with Crippen molar-refractivity contribution >= 4 is 17.7 Å². The van der Waals surface area contributed by atoms with Gasteiger partial charge in [0.2, 0.25) is 0 Å². The summed E-state index contributed by atoms with van der Waals surface area (Å²) in [6, 6.07) is 7.43. The number of carbonyl (C=O) groups is 1. The van der Waals surface area contributed by atoms with Crippen molar-refractivity contribution in [3.05, 3.63) is 29.8 Å². The maximum atomic E-state index is 11.2. The van der Waals surface area contributed by atoms with Crippen LogP contribution in [0.5, 0.6) is 5.75 Å². The smallest absolute Gasteiger partial charge is 0.320 e. The van der Waals surface area contributed by atoms with E-state index in [9.17, 15) is 9.90 Å². The van der Waals surface area contributed by atoms with Crippen molar-refractivity contribution in [1.82, 2.24) is 5.32 Å². The van der Waals surface area contributed by atoms with Crippen LogP contribution in [0.25, 0.3) is 0 Å². The topological polar surface area (TPSA) is 58.6 Å². The van der Waals surface area contributed by atoms with Crippen LogP contribution in [0.1, 0.15) is 18.4 Å². The number of fused-ring (bicyclic) bond motifs is 2. The van der Waals surface area contributed by atoms with Crippen LogP contribution in [0.4, 0.5) is 0 Å². The number of benzene rings is 1. The third-order valence-electron chi connectivity index (χ3n) is 3.49. The molecule has 5 heteroatoms. The van der Waals surface area contributed by atoms with Crippen molar-refractivity contribution in [3.8, 4) is 5.75 Å². The van der Waals surface area contributed by atoms with Crippen LogP contribution in [0.2, 0.25) is 0 Å². The highest BCUT2D eigenvalue weighted by Gasteiger charge is 2.43. The van der Waals surface area contributed by atoms with Crippen LogP contribution in [-0.2, 0) is 9.67 Å². The van der Waals surface area contributed by atoms with Gasteiger partial charge in [0.15, 0.2) is 0 Å². The highest BCUT2D eigenvalue weighted by Crippen LogP contribution is 2.47. The largest absolute Gasteiger partial charge is 0.493 e. The van der Waals surface area contributed by atoms with Gasteiger partial charge in [0.1, 0.15) is 11.8 Å². The zero-order valence-corrected chi connectivity index (χ0v) is 10.7. The van der Waals surface area contributed by atoms with Gasteiger partial charge in [0.25, 0.3) is 0 Å². The van der Waals surface area contributed by atoms with E-state index >= 15 is 0 Å². The molecule has 96 valence electrons. The van der Waals surface area contributed by atoms with E-state index in [4.69, 9.17) is 4.74 Å². The van der Waals surface area contributed by atoms with Crippen molar-refractivity contribution < 1.29 is 14.6 Å². The Balaban J connectivity index is 1.98. The molecule has 1 spiro atoms. The third-order valence-corrected chi connectivity index (χ3v) is 4.97. The first-order valence-corrected chi connectivity index (χ1v) is 7.07. The summed E-state index contributed by atoms with van der Waals surface area (Å²) in [7, 11) is 0. The normalized spacial score (nSPS) is 30.6. The van der Waals surface area contributed by atoms with E-state index in [0.29, 0.717) is 13.0 Å². The predicted molar refractivity (Wildman–Crippen MR) is 69.9 cm³/mol. The van der Waals surface area contributed by atoms with Crippen LogP contribution in [0.15, 0.2) is 24.3 Å². The maximum Gasteiger partial charge on any atom is 0.320 e. The molecule has 0 bridgehead atoms. The minimum atomic E-state index is -0.765. The molecule has 18 heavy (non-hydrogen) atoms. The summed E-state index contributed by atoms with van der Waals surface area (Å²) < 4.78 is 5.65. The number of carboxylic acid groups (broad SMARTS) is 1. The summed E-state index contributed by atoms with van der Waals surface area (Å²) >= 11 is 1.80. The van der Waals surface area contributed by atoms with Crippen molar-refractivity contribution in [3.63, 3.8) is 0 Å². The summed E-state index contributed by atoms with van der Waals surface area (Å²) in [6.07, 6.45) is 1.48. The number of hydrogen-bond donors (Lipinski definition) is 2. The molecule has 2 aliphatic rings. The van der Waals surface area contributed by atoms with Gasteiger partial charge < -0.3 is 9.84 Å². The molecule has 2 heterocycles. The number of thioether (sulfide) groups is 1. The Bertz CT molecular complexity index is 479. The fourth-order valence-corrected chi connectivity index (χ4v) is 4.08. The second-order valence-corrected chi connectivity index (χ2v) is 5.99. The minimum Gasteiger partial charge on any atom is -0.493 e. The molecule has 2 atom stereocenters. The second-order valence-electron chi connectivity index (χ2n) is 4.59. The lowest BCUT2D eigenvalue weighted by molar-refractivity contribution is -0.140. The van der Waals surface area contributed by atoms with E-state index in [2.05, 4.69) is 5.32 Å². The maximum absolute atomic E-state index is 11.2. The highest BCUT2D eigenvalue weighted by atomic mass is 32.2. The monoisotopic (exact) mass is 265 g/mol. The Kier molecular flexibility index (Phi) is 2.95. The first-order valence-electron chi connectivity index (χ1n) is 6.08. The molecule has 2 N–H and O–H groups in total. The number of hydrogen-bond acceptors (Lipinski definition) is 4. The summed E-state index contributed by atoms with van der Waals surface area (Å²) in [5, 5.41) is 12.5. The van der Waals surface area contributed by atoms with E-state index in [0.717, 1.165) is 23.5 Å². The van der Waals surface area contributed by atoms with Gasteiger partial charge in [0.05, 0.1) is 11.5 Å². The standard InChI is InChI=1S/C13H15NO3S/c15-12(16)10-5-8-18-13(14-10)6-7-17-11-4-2-1-3-9(11)13/h1-4,10,14H,5-8H2,(H,15,16). The average Bonchev–Trinajstić information content (AvgIpc) is 2.39. The van der Waals surface area contributed by atoms with Crippen LogP contribution in [-0.4, -0.2) is 29.5 Å². The Morgan fingerprint density at radius 1 is 1.50 bits per heavy atom. The summed E-state index contributed by atoms with van der Waals surface area (Å²) in [5.41, 5.74) is 1.08. The molecular weight excluding hydrogens is 250 g/mol. The number of para-hydroxylation sites is 1. The lowest BCUT2D eigenvalue weighted by Gasteiger charge is -2.43. The molecule has 2 aliphatic heterocycles. The Labute approximate surface area is 110 Å². The minimum absolute atomic E-state index is 0.295. The van der Waals surface area contributed by atoms with E-state index in [1.165, 1.54) is 0 Å². The Hall–Kier alpha value is -1.20. The highest BCUT2D eigenvalue weighted by molar-refractivity contribution is 8.00. The van der Waals surface area contributed by atoms with E-state index < -0.39 is 12.0 Å². The molecule has 0 aliphatic carbocycles. The van der Waals surface area contributed by atoms with Crippen molar-refractivity contribution in [1.29, 1.82) is 0 Å². The van der Waals surface area contributed by atoms with E-state index in [1.807, 2.05) is 24.3 Å². The molecule has 3 rings (SSSR count). The molecule has 1 saturated heterocycles. The zero-order chi connectivity index (χ0) is 12.6. The van der Waals surface area contributed by atoms with Gasteiger partial charge in [-0.25, -0.2) is 0 Å². The van der Waals surface area contributed by atoms with E-state index in [1.54, 1.807) is 11.8 Å². The van der Waals surface area contributed by atoms with Crippen molar-refractivity contribution in [2.45, 2.75) is 23.8 Å². The molecule has 0 aromatic heterocycles. The number of rotatable bonds is 1. The van der Waals surface area contributed by atoms with Crippen LogP contribution in [0, 0.1) is 0 Å². The van der Waals surface area contributed by atoms with Gasteiger partial charge >= 0.3 is 5.97 Å². The summed E-state index contributed by atoms with van der Waals surface area (Å²) in [6.45, 7) is 0.628. The van der Waals surface area contributed by atoms with Crippen LogP contribution >= 0.6 is 11.8 Å². The number of nitrogens with one attached hydrogen (secondary N) is 1. The number of carboxylic acids is 1. The number of aliphatic carboxylic acids is 1. The molecule has 1 aromatic rings. The lowest BCUT2D eigenvalue weighted by atomic mass is 9.98. The van der Waals surface area contributed by atoms with Gasteiger partial charge in [0, 0.05) is 12.0 Å². The molecule has 2 unspecified atom stereocenters. The van der Waals surface area contributed by atoms with Gasteiger partial charge in [-0.1, -0.05) is 18.2 Å². The molecule has 4 nitrogen and oxygen atoms in total. The van der Waals surface area contributed by atoms with Crippen molar-refractivity contribution in [2.24, 2.45) is 0 Å². The molecule has 1 aromatic carbocycles. The molecule has 1 fully saturated rings. The Morgan fingerprint density at radius 2 is 2.33 bits per heavy atom. The molecule has 0 amide bonds. The van der Waals surface area contributed by atoms with Gasteiger partial charge in [-0.3, -0.25) is 10.1 Å². The molecular formula is C13H15NO3S. The van der Waals surface area contributed by atoms with Crippen molar-refractivity contribution in [2.75, 3.05) is 12.4 Å². The SMILES string of the molecule is O=C(O)C1CCSC2(CCOc3ccccc32)N1. The number of ether oxygens (including phenoxy) is 1. The molecule has 0 radical (unpaired) electrons. The average molecular weight is 265 g/mol. The molecule has 0 saturated carbocycles. The quantitative estimate of drug-likeness (QED) is 0.811. The third kappa shape index (κ3) is 1.87. The van der Waals surface area contributed by atoms with Gasteiger partial charge in [-0.2, -0.15) is 0 Å². The fourth-order valence-electron chi connectivity index (χ4n) is 2.60.